The van der Waals surface area contributed by atoms with Crippen LogP contribution in [0, 0.1) is 0 Å². The third-order valence-electron chi connectivity index (χ3n) is 2.45. The van der Waals surface area contributed by atoms with E-state index in [0.717, 1.165) is 5.56 Å². The molecule has 0 atom stereocenters. The Labute approximate surface area is 126 Å². The van der Waals surface area contributed by atoms with Crippen molar-refractivity contribution in [3.63, 3.8) is 0 Å². The molecule has 5 nitrogen and oxygen atoms in total. The molecule has 1 aliphatic rings. The zero-order chi connectivity index (χ0) is 14.5. The number of hydrogen-bond donors (Lipinski definition) is 0. The summed E-state index contributed by atoms with van der Waals surface area (Å²) in [5, 5.41) is 0. The predicted octanol–water partition coefficient (Wildman–Crippen LogP) is 1.85. The number of thiocarbonyl (C=S) groups is 1. The number of esters is 1. The number of pyridine rings is 1. The maximum Gasteiger partial charge on any atom is 0.326 e. The number of carbonyl (C=O) groups excluding carboxylic acids is 2. The summed E-state index contributed by atoms with van der Waals surface area (Å²) in [5.41, 5.74) is 0.809. The van der Waals surface area contributed by atoms with Gasteiger partial charge in [0.2, 0.25) is 0 Å². The van der Waals surface area contributed by atoms with Crippen LogP contribution in [0.1, 0.15) is 12.5 Å². The van der Waals surface area contributed by atoms with E-state index in [1.54, 1.807) is 31.5 Å². The summed E-state index contributed by atoms with van der Waals surface area (Å²) in [6, 6.07) is 3.62. The van der Waals surface area contributed by atoms with Gasteiger partial charge in [0, 0.05) is 12.4 Å². The van der Waals surface area contributed by atoms with Crippen LogP contribution in [-0.2, 0) is 14.3 Å². The molecule has 0 spiro atoms. The van der Waals surface area contributed by atoms with Gasteiger partial charge in [0.15, 0.2) is 0 Å². The smallest absolute Gasteiger partial charge is 0.326 e. The van der Waals surface area contributed by atoms with Crippen molar-refractivity contribution in [1.29, 1.82) is 0 Å². The average Bonchev–Trinajstić information content (AvgIpc) is 2.68. The van der Waals surface area contributed by atoms with E-state index in [0.29, 0.717) is 9.23 Å². The summed E-state index contributed by atoms with van der Waals surface area (Å²) < 4.78 is 5.18. The molecule has 20 heavy (non-hydrogen) atoms. The Morgan fingerprint density at radius 1 is 1.60 bits per heavy atom. The van der Waals surface area contributed by atoms with Crippen molar-refractivity contribution in [3.05, 3.63) is 35.0 Å². The second-order valence-electron chi connectivity index (χ2n) is 3.86. The van der Waals surface area contributed by atoms with Crippen molar-refractivity contribution in [2.45, 2.75) is 6.92 Å². The monoisotopic (exact) mass is 308 g/mol. The van der Waals surface area contributed by atoms with E-state index < -0.39 is 5.97 Å². The van der Waals surface area contributed by atoms with E-state index in [-0.39, 0.29) is 19.1 Å². The molecule has 0 bridgehead atoms. The number of aromatic nitrogens is 1. The van der Waals surface area contributed by atoms with E-state index in [4.69, 9.17) is 17.0 Å². The van der Waals surface area contributed by atoms with E-state index in [1.807, 2.05) is 6.07 Å². The Bertz CT molecular complexity index is 572. The molecule has 2 rings (SSSR count). The number of carbonyl (C=O) groups is 2. The molecule has 104 valence electrons. The van der Waals surface area contributed by atoms with Gasteiger partial charge in [0.05, 0.1) is 11.5 Å². The predicted molar refractivity (Wildman–Crippen MR) is 80.7 cm³/mol. The number of amides is 1. The van der Waals surface area contributed by atoms with Crippen LogP contribution in [0.15, 0.2) is 29.4 Å². The standard InChI is InChI=1S/C13H12N2O3S2/c1-2-18-11(16)8-15-12(17)10(20-13(15)19)6-9-4-3-5-14-7-9/h3-7H,2,8H2,1H3. The quantitative estimate of drug-likeness (QED) is 0.480. The molecular formula is C13H12N2O3S2. The molecule has 1 aliphatic heterocycles. The van der Waals surface area contributed by atoms with Crippen molar-refractivity contribution in [3.8, 4) is 0 Å². The lowest BCUT2D eigenvalue weighted by molar-refractivity contribution is -0.145. The zero-order valence-corrected chi connectivity index (χ0v) is 12.4. The lowest BCUT2D eigenvalue weighted by Gasteiger charge is -2.12. The topological polar surface area (TPSA) is 59.5 Å². The van der Waals surface area contributed by atoms with Crippen LogP contribution in [0.5, 0.6) is 0 Å². The van der Waals surface area contributed by atoms with Gasteiger partial charge in [-0.05, 0) is 24.6 Å². The Balaban J connectivity index is 2.13. The number of nitrogens with zero attached hydrogens (tertiary/aromatic N) is 2. The van der Waals surface area contributed by atoms with E-state index in [9.17, 15) is 9.59 Å². The van der Waals surface area contributed by atoms with Crippen LogP contribution in [-0.4, -0.2) is 39.2 Å². The first-order valence-corrected chi connectivity index (χ1v) is 7.15. The molecule has 0 saturated carbocycles. The van der Waals surface area contributed by atoms with Gasteiger partial charge >= 0.3 is 5.97 Å². The second-order valence-corrected chi connectivity index (χ2v) is 5.54. The molecule has 1 saturated heterocycles. The molecule has 0 aromatic carbocycles. The first kappa shape index (κ1) is 14.7. The van der Waals surface area contributed by atoms with Crippen LogP contribution in [0.4, 0.5) is 0 Å². The summed E-state index contributed by atoms with van der Waals surface area (Å²) in [5.74, 6) is -0.747. The van der Waals surface area contributed by atoms with Crippen LogP contribution in [0.2, 0.25) is 0 Å². The highest BCUT2D eigenvalue weighted by Gasteiger charge is 2.33. The van der Waals surface area contributed by atoms with Gasteiger partial charge < -0.3 is 4.74 Å². The summed E-state index contributed by atoms with van der Waals surface area (Å²) in [6.45, 7) is 1.84. The summed E-state index contributed by atoms with van der Waals surface area (Å²) in [6.07, 6.45) is 5.01. The molecule has 1 aromatic heterocycles. The molecule has 7 heteroatoms. The van der Waals surface area contributed by atoms with E-state index >= 15 is 0 Å². The molecule has 0 unspecified atom stereocenters. The van der Waals surface area contributed by atoms with Crippen molar-refractivity contribution in [2.24, 2.45) is 0 Å². The molecular weight excluding hydrogens is 296 g/mol. The average molecular weight is 308 g/mol. The fraction of sp³-hybridized carbons (Fsp3) is 0.231. The summed E-state index contributed by atoms with van der Waals surface area (Å²) in [4.78, 5) is 29.3. The molecule has 1 fully saturated rings. The van der Waals surface area contributed by atoms with Gasteiger partial charge in [-0.1, -0.05) is 30.0 Å². The third kappa shape index (κ3) is 3.43. The van der Waals surface area contributed by atoms with Gasteiger partial charge in [-0.3, -0.25) is 19.5 Å². The first-order valence-electron chi connectivity index (χ1n) is 5.93. The van der Waals surface area contributed by atoms with E-state index in [1.165, 1.54) is 16.7 Å². The Morgan fingerprint density at radius 2 is 2.40 bits per heavy atom. The fourth-order valence-corrected chi connectivity index (χ4v) is 2.84. The molecule has 2 heterocycles. The van der Waals surface area contributed by atoms with Gasteiger partial charge in [-0.15, -0.1) is 0 Å². The Morgan fingerprint density at radius 3 is 3.05 bits per heavy atom. The molecule has 0 N–H and O–H groups in total. The maximum absolute atomic E-state index is 12.2. The van der Waals surface area contributed by atoms with Crippen molar-refractivity contribution in [2.75, 3.05) is 13.2 Å². The van der Waals surface area contributed by atoms with Crippen molar-refractivity contribution in [1.82, 2.24) is 9.88 Å². The van der Waals surface area contributed by atoms with Crippen LogP contribution < -0.4 is 0 Å². The number of rotatable bonds is 4. The Hall–Kier alpha value is -1.73. The highest BCUT2D eigenvalue weighted by atomic mass is 32.2. The molecule has 1 amide bonds. The lowest BCUT2D eigenvalue weighted by atomic mass is 10.2. The minimum Gasteiger partial charge on any atom is -0.465 e. The molecule has 0 aliphatic carbocycles. The van der Waals surface area contributed by atoms with Crippen LogP contribution >= 0.6 is 24.0 Å². The largest absolute Gasteiger partial charge is 0.465 e. The van der Waals surface area contributed by atoms with Crippen LogP contribution in [0.3, 0.4) is 0 Å². The summed E-state index contributed by atoms with van der Waals surface area (Å²) >= 11 is 6.29. The van der Waals surface area contributed by atoms with Gasteiger partial charge in [-0.25, -0.2) is 0 Å². The highest BCUT2D eigenvalue weighted by molar-refractivity contribution is 8.26. The normalized spacial score (nSPS) is 16.9. The maximum atomic E-state index is 12.2. The summed E-state index contributed by atoms with van der Waals surface area (Å²) in [7, 11) is 0. The Kier molecular flexibility index (Phi) is 4.86. The first-order chi connectivity index (χ1) is 9.61. The van der Waals surface area contributed by atoms with Crippen molar-refractivity contribution < 1.29 is 14.3 Å². The third-order valence-corrected chi connectivity index (χ3v) is 3.83. The molecule has 1 aromatic rings. The van der Waals surface area contributed by atoms with Gasteiger partial charge in [0.25, 0.3) is 5.91 Å². The van der Waals surface area contributed by atoms with Crippen LogP contribution in [0.25, 0.3) is 6.08 Å². The fourth-order valence-electron chi connectivity index (χ4n) is 1.58. The second kappa shape index (κ2) is 6.62. The van der Waals surface area contributed by atoms with E-state index in [2.05, 4.69) is 4.98 Å². The number of ether oxygens (including phenoxy) is 1. The highest BCUT2D eigenvalue weighted by Crippen LogP contribution is 2.32. The zero-order valence-electron chi connectivity index (χ0n) is 10.7. The molecule has 0 radical (unpaired) electrons. The van der Waals surface area contributed by atoms with Crippen molar-refractivity contribution >= 4 is 46.3 Å². The number of thioether (sulfide) groups is 1. The SMILES string of the molecule is CCOC(=O)CN1C(=O)C(=Cc2cccnc2)SC1=S. The lowest BCUT2D eigenvalue weighted by Crippen LogP contribution is -2.34. The van der Waals surface area contributed by atoms with Gasteiger partial charge in [0.1, 0.15) is 10.9 Å². The minimum absolute atomic E-state index is 0.150. The number of hydrogen-bond acceptors (Lipinski definition) is 6. The minimum atomic E-state index is -0.466. The van der Waals surface area contributed by atoms with Gasteiger partial charge in [-0.2, -0.15) is 0 Å².